The lowest BCUT2D eigenvalue weighted by Crippen LogP contribution is -1.99. The highest BCUT2D eigenvalue weighted by Gasteiger charge is 2.06. The normalized spacial score (nSPS) is 9.53. The number of hydrogen-bond acceptors (Lipinski definition) is 3. The minimum Gasteiger partial charge on any atom is -0.396 e. The molecule has 1 aromatic rings. The lowest BCUT2D eigenvalue weighted by atomic mass is 10.2. The van der Waals surface area contributed by atoms with Crippen LogP contribution in [0.1, 0.15) is 31.2 Å². The highest BCUT2D eigenvalue weighted by Crippen LogP contribution is 2.06. The lowest BCUT2D eigenvalue weighted by molar-refractivity contribution is 0.290. The SMILES string of the molecule is CCc1ncnc(C#CCCCO)c1F. The molecule has 0 atom stereocenters. The van der Waals surface area contributed by atoms with Gasteiger partial charge in [0, 0.05) is 13.0 Å². The van der Waals surface area contributed by atoms with Crippen LogP contribution in [-0.2, 0) is 6.42 Å². The Hall–Kier alpha value is -1.47. The van der Waals surface area contributed by atoms with E-state index in [-0.39, 0.29) is 12.3 Å². The van der Waals surface area contributed by atoms with E-state index in [0.717, 1.165) is 0 Å². The first-order valence-corrected chi connectivity index (χ1v) is 4.88. The van der Waals surface area contributed by atoms with Gasteiger partial charge in [0.05, 0.1) is 5.69 Å². The predicted octanol–water partition coefficient (Wildman–Crippen LogP) is 1.30. The summed E-state index contributed by atoms with van der Waals surface area (Å²) < 4.78 is 13.5. The molecule has 0 aromatic carbocycles. The maximum atomic E-state index is 13.5. The average Bonchev–Trinajstić information content (AvgIpc) is 2.26. The molecule has 0 aliphatic carbocycles. The third kappa shape index (κ3) is 3.30. The molecule has 0 aliphatic heterocycles. The zero-order valence-electron chi connectivity index (χ0n) is 8.63. The van der Waals surface area contributed by atoms with E-state index in [1.165, 1.54) is 6.33 Å². The molecule has 0 saturated heterocycles. The summed E-state index contributed by atoms with van der Waals surface area (Å²) in [5.41, 5.74) is 0.524. The summed E-state index contributed by atoms with van der Waals surface area (Å²) >= 11 is 0. The van der Waals surface area contributed by atoms with E-state index < -0.39 is 5.82 Å². The molecule has 1 N–H and O–H groups in total. The van der Waals surface area contributed by atoms with Crippen LogP contribution in [0.3, 0.4) is 0 Å². The van der Waals surface area contributed by atoms with E-state index in [4.69, 9.17) is 5.11 Å². The van der Waals surface area contributed by atoms with Crippen LogP contribution in [0.5, 0.6) is 0 Å². The summed E-state index contributed by atoms with van der Waals surface area (Å²) in [6.07, 6.45) is 2.99. The van der Waals surface area contributed by atoms with Crippen LogP contribution < -0.4 is 0 Å². The number of nitrogens with zero attached hydrogens (tertiary/aromatic N) is 2. The zero-order chi connectivity index (χ0) is 11.1. The maximum Gasteiger partial charge on any atom is 0.178 e. The monoisotopic (exact) mass is 208 g/mol. The molecule has 0 unspecified atom stereocenters. The Labute approximate surface area is 88.4 Å². The van der Waals surface area contributed by atoms with Gasteiger partial charge in [-0.25, -0.2) is 14.4 Å². The second kappa shape index (κ2) is 6.10. The van der Waals surface area contributed by atoms with Gasteiger partial charge >= 0.3 is 0 Å². The molecule has 0 radical (unpaired) electrons. The molecule has 4 heteroatoms. The number of unbranched alkanes of at least 4 members (excludes halogenated alkanes) is 1. The van der Waals surface area contributed by atoms with Crippen LogP contribution in [0.25, 0.3) is 0 Å². The van der Waals surface area contributed by atoms with E-state index in [1.807, 2.05) is 6.92 Å². The van der Waals surface area contributed by atoms with E-state index in [0.29, 0.717) is 25.0 Å². The average molecular weight is 208 g/mol. The van der Waals surface area contributed by atoms with Crippen molar-refractivity contribution in [3.63, 3.8) is 0 Å². The Morgan fingerprint density at radius 1 is 1.47 bits per heavy atom. The van der Waals surface area contributed by atoms with Gasteiger partial charge in [-0.2, -0.15) is 0 Å². The third-order valence-electron chi connectivity index (χ3n) is 1.86. The number of hydrogen-bond donors (Lipinski definition) is 1. The minimum atomic E-state index is -0.434. The Bertz CT molecular complexity index is 382. The summed E-state index contributed by atoms with van der Waals surface area (Å²) in [7, 11) is 0. The second-order valence-electron chi connectivity index (χ2n) is 2.97. The summed E-state index contributed by atoms with van der Waals surface area (Å²) in [4.78, 5) is 7.57. The Morgan fingerprint density at radius 3 is 2.93 bits per heavy atom. The molecule has 15 heavy (non-hydrogen) atoms. The lowest BCUT2D eigenvalue weighted by Gasteiger charge is -1.98. The first-order valence-electron chi connectivity index (χ1n) is 4.88. The summed E-state index contributed by atoms with van der Waals surface area (Å²) in [6, 6.07) is 0. The largest absolute Gasteiger partial charge is 0.396 e. The number of aliphatic hydroxyl groups is 1. The second-order valence-corrected chi connectivity index (χ2v) is 2.97. The molecule has 1 rings (SSSR count). The molecule has 0 fully saturated rings. The van der Waals surface area contributed by atoms with Crippen LogP contribution in [0.4, 0.5) is 4.39 Å². The Morgan fingerprint density at radius 2 is 2.27 bits per heavy atom. The molecule has 1 aromatic heterocycles. The molecule has 3 nitrogen and oxygen atoms in total. The Kier molecular flexibility index (Phi) is 4.72. The summed E-state index contributed by atoms with van der Waals surface area (Å²) in [5.74, 6) is 4.96. The first kappa shape index (κ1) is 11.6. The zero-order valence-corrected chi connectivity index (χ0v) is 8.63. The van der Waals surface area contributed by atoms with Gasteiger partial charge in [-0.3, -0.25) is 0 Å². The van der Waals surface area contributed by atoms with Crippen molar-refractivity contribution in [1.82, 2.24) is 9.97 Å². The fraction of sp³-hybridized carbons (Fsp3) is 0.455. The van der Waals surface area contributed by atoms with Gasteiger partial charge < -0.3 is 5.11 Å². The van der Waals surface area contributed by atoms with Crippen molar-refractivity contribution in [2.75, 3.05) is 6.61 Å². The van der Waals surface area contributed by atoms with Gasteiger partial charge in [-0.05, 0) is 18.8 Å². The van der Waals surface area contributed by atoms with Gasteiger partial charge in [0.2, 0.25) is 0 Å². The van der Waals surface area contributed by atoms with E-state index >= 15 is 0 Å². The number of aliphatic hydroxyl groups excluding tert-OH is 1. The molecule has 0 saturated carbocycles. The third-order valence-corrected chi connectivity index (χ3v) is 1.86. The molecule has 1 heterocycles. The van der Waals surface area contributed by atoms with E-state index in [2.05, 4.69) is 21.8 Å². The first-order chi connectivity index (χ1) is 7.29. The number of rotatable bonds is 3. The van der Waals surface area contributed by atoms with Crippen LogP contribution in [0.2, 0.25) is 0 Å². The Balaban J connectivity index is 2.79. The van der Waals surface area contributed by atoms with Crippen molar-refractivity contribution < 1.29 is 9.50 Å². The fourth-order valence-corrected chi connectivity index (χ4v) is 1.05. The van der Waals surface area contributed by atoms with Crippen LogP contribution in [0, 0.1) is 17.7 Å². The molecule has 0 aliphatic rings. The molecular weight excluding hydrogens is 195 g/mol. The topological polar surface area (TPSA) is 46.0 Å². The number of aryl methyl sites for hydroxylation is 1. The summed E-state index contributed by atoms with van der Waals surface area (Å²) in [5, 5.41) is 8.53. The van der Waals surface area contributed by atoms with Crippen molar-refractivity contribution in [2.24, 2.45) is 0 Å². The van der Waals surface area contributed by atoms with Crippen molar-refractivity contribution in [3.05, 3.63) is 23.5 Å². The standard InChI is InChI=1S/C11H13FN2O/c1-2-9-11(12)10(14-8-13-9)6-4-3-5-7-15/h8,15H,2-3,5,7H2,1H3. The molecular formula is C11H13FN2O. The van der Waals surface area contributed by atoms with Crippen LogP contribution >= 0.6 is 0 Å². The van der Waals surface area contributed by atoms with Gasteiger partial charge in [-0.15, -0.1) is 0 Å². The van der Waals surface area contributed by atoms with E-state index in [9.17, 15) is 4.39 Å². The van der Waals surface area contributed by atoms with Crippen molar-refractivity contribution in [2.45, 2.75) is 26.2 Å². The van der Waals surface area contributed by atoms with Crippen LogP contribution in [0.15, 0.2) is 6.33 Å². The maximum absolute atomic E-state index is 13.5. The van der Waals surface area contributed by atoms with Gasteiger partial charge in [0.25, 0.3) is 0 Å². The van der Waals surface area contributed by atoms with Gasteiger partial charge in [-0.1, -0.05) is 12.8 Å². The van der Waals surface area contributed by atoms with Crippen LogP contribution in [-0.4, -0.2) is 21.7 Å². The van der Waals surface area contributed by atoms with Crippen molar-refractivity contribution in [1.29, 1.82) is 0 Å². The molecule has 0 bridgehead atoms. The predicted molar refractivity (Wildman–Crippen MR) is 54.6 cm³/mol. The quantitative estimate of drug-likeness (QED) is 0.601. The van der Waals surface area contributed by atoms with Crippen molar-refractivity contribution in [3.8, 4) is 11.8 Å². The van der Waals surface area contributed by atoms with Gasteiger partial charge in [0.15, 0.2) is 11.5 Å². The number of aromatic nitrogens is 2. The minimum absolute atomic E-state index is 0.0984. The highest BCUT2D eigenvalue weighted by molar-refractivity contribution is 5.29. The molecule has 0 spiro atoms. The smallest absolute Gasteiger partial charge is 0.178 e. The van der Waals surface area contributed by atoms with Gasteiger partial charge in [0.1, 0.15) is 6.33 Å². The molecule has 0 amide bonds. The fourth-order valence-electron chi connectivity index (χ4n) is 1.05. The van der Waals surface area contributed by atoms with E-state index in [1.54, 1.807) is 0 Å². The number of halogens is 1. The van der Waals surface area contributed by atoms with Crippen molar-refractivity contribution >= 4 is 0 Å². The highest BCUT2D eigenvalue weighted by atomic mass is 19.1. The molecule has 80 valence electrons. The summed E-state index contributed by atoms with van der Waals surface area (Å²) in [6.45, 7) is 1.93.